The van der Waals surface area contributed by atoms with Crippen LogP contribution in [-0.4, -0.2) is 24.7 Å². The number of rotatable bonds is 5. The van der Waals surface area contributed by atoms with Gasteiger partial charge in [-0.05, 0) is 32.1 Å². The predicted octanol–water partition coefficient (Wildman–Crippen LogP) is 3.63. The molecule has 1 fully saturated rings. The molecular weight excluding hydrogens is 242 g/mol. The summed E-state index contributed by atoms with van der Waals surface area (Å²) in [5.74, 6) is 0.983. The summed E-state index contributed by atoms with van der Waals surface area (Å²) in [5.41, 5.74) is 1.26. The first-order valence-electron chi connectivity index (χ1n) is 6.68. The molecule has 3 atom stereocenters. The van der Waals surface area contributed by atoms with E-state index in [0.717, 1.165) is 11.0 Å². The summed E-state index contributed by atoms with van der Waals surface area (Å²) >= 11 is 1.99. The van der Waals surface area contributed by atoms with Gasteiger partial charge in [-0.2, -0.15) is 11.8 Å². The van der Waals surface area contributed by atoms with Crippen LogP contribution in [0.25, 0.3) is 0 Å². The molecule has 1 saturated carbocycles. The number of hydrogen-bond acceptors (Lipinski definition) is 3. The lowest BCUT2D eigenvalue weighted by atomic mass is 10.1. The Morgan fingerprint density at radius 2 is 2.11 bits per heavy atom. The Hall–Kier alpha value is -0.670. The highest BCUT2D eigenvalue weighted by Gasteiger charge is 2.28. The van der Waals surface area contributed by atoms with Gasteiger partial charge >= 0.3 is 0 Å². The highest BCUT2D eigenvalue weighted by molar-refractivity contribution is 7.99. The first-order valence-corrected chi connectivity index (χ1v) is 7.96. The van der Waals surface area contributed by atoms with Crippen molar-refractivity contribution in [2.75, 3.05) is 13.4 Å². The summed E-state index contributed by atoms with van der Waals surface area (Å²) in [7, 11) is 1.74. The first kappa shape index (κ1) is 13.8. The molecule has 0 radical (unpaired) electrons. The second kappa shape index (κ2) is 6.48. The van der Waals surface area contributed by atoms with Gasteiger partial charge in [0.1, 0.15) is 5.75 Å². The van der Waals surface area contributed by atoms with Crippen molar-refractivity contribution in [3.63, 3.8) is 0 Å². The lowest BCUT2D eigenvalue weighted by molar-refractivity contribution is 0.394. The molecule has 0 heterocycles. The van der Waals surface area contributed by atoms with E-state index in [0.29, 0.717) is 12.1 Å². The lowest BCUT2D eigenvalue weighted by Crippen LogP contribution is -2.35. The second-order valence-electron chi connectivity index (χ2n) is 4.94. The van der Waals surface area contributed by atoms with E-state index < -0.39 is 0 Å². The molecular formula is C15H23NOS. The van der Waals surface area contributed by atoms with E-state index in [1.165, 1.54) is 24.8 Å². The topological polar surface area (TPSA) is 21.3 Å². The van der Waals surface area contributed by atoms with E-state index in [1.54, 1.807) is 7.11 Å². The Balaban J connectivity index is 2.05. The Bertz CT molecular complexity index is 383. The smallest absolute Gasteiger partial charge is 0.123 e. The monoisotopic (exact) mass is 265 g/mol. The first-order chi connectivity index (χ1) is 8.76. The van der Waals surface area contributed by atoms with Crippen LogP contribution in [0.1, 0.15) is 37.8 Å². The molecule has 0 amide bonds. The van der Waals surface area contributed by atoms with Crippen LogP contribution < -0.4 is 10.1 Å². The summed E-state index contributed by atoms with van der Waals surface area (Å²) in [4.78, 5) is 0. The van der Waals surface area contributed by atoms with Crippen molar-refractivity contribution in [1.82, 2.24) is 5.32 Å². The van der Waals surface area contributed by atoms with Gasteiger partial charge in [-0.3, -0.25) is 0 Å². The van der Waals surface area contributed by atoms with Crippen LogP contribution >= 0.6 is 11.8 Å². The number of hydrogen-bond donors (Lipinski definition) is 1. The zero-order chi connectivity index (χ0) is 13.0. The van der Waals surface area contributed by atoms with Crippen molar-refractivity contribution in [2.24, 2.45) is 0 Å². The number of methoxy groups -OCH3 is 1. The molecule has 0 saturated heterocycles. The molecule has 100 valence electrons. The zero-order valence-corrected chi connectivity index (χ0v) is 12.3. The van der Waals surface area contributed by atoms with E-state index in [-0.39, 0.29) is 0 Å². The van der Waals surface area contributed by atoms with Crippen molar-refractivity contribution < 1.29 is 4.74 Å². The molecule has 1 N–H and O–H groups in total. The van der Waals surface area contributed by atoms with Gasteiger partial charge < -0.3 is 10.1 Å². The van der Waals surface area contributed by atoms with Crippen molar-refractivity contribution in [3.05, 3.63) is 29.8 Å². The average molecular weight is 265 g/mol. The molecule has 1 aliphatic carbocycles. The second-order valence-corrected chi connectivity index (χ2v) is 6.02. The summed E-state index contributed by atoms with van der Waals surface area (Å²) in [6.07, 6.45) is 6.21. The van der Waals surface area contributed by atoms with Crippen molar-refractivity contribution >= 4 is 11.8 Å². The number of para-hydroxylation sites is 1. The van der Waals surface area contributed by atoms with Gasteiger partial charge in [0.15, 0.2) is 0 Å². The van der Waals surface area contributed by atoms with Crippen LogP contribution in [0.3, 0.4) is 0 Å². The van der Waals surface area contributed by atoms with E-state index >= 15 is 0 Å². The Labute approximate surface area is 114 Å². The fourth-order valence-corrected chi connectivity index (χ4v) is 3.78. The maximum Gasteiger partial charge on any atom is 0.123 e. The minimum absolute atomic E-state index is 0.346. The van der Waals surface area contributed by atoms with Crippen LogP contribution in [0.5, 0.6) is 5.75 Å². The van der Waals surface area contributed by atoms with E-state index in [4.69, 9.17) is 4.74 Å². The van der Waals surface area contributed by atoms with E-state index in [2.05, 4.69) is 30.6 Å². The molecule has 2 rings (SSSR count). The minimum Gasteiger partial charge on any atom is -0.496 e. The SMILES string of the molecule is COc1ccccc1C(C)NC1CCCC1SC. The van der Waals surface area contributed by atoms with Crippen molar-refractivity contribution in [1.29, 1.82) is 0 Å². The molecule has 0 spiro atoms. The highest BCUT2D eigenvalue weighted by atomic mass is 32.2. The maximum atomic E-state index is 5.44. The van der Waals surface area contributed by atoms with Crippen LogP contribution in [0.2, 0.25) is 0 Å². The fraction of sp³-hybridized carbons (Fsp3) is 0.600. The molecule has 3 unspecified atom stereocenters. The third-order valence-electron chi connectivity index (χ3n) is 3.82. The molecule has 18 heavy (non-hydrogen) atoms. The number of thioether (sulfide) groups is 1. The van der Waals surface area contributed by atoms with Crippen LogP contribution in [0.4, 0.5) is 0 Å². The van der Waals surface area contributed by atoms with E-state index in [9.17, 15) is 0 Å². The normalized spacial score (nSPS) is 25.1. The van der Waals surface area contributed by atoms with Gasteiger partial charge in [0.25, 0.3) is 0 Å². The molecule has 3 heteroatoms. The van der Waals surface area contributed by atoms with Gasteiger partial charge in [-0.1, -0.05) is 24.6 Å². The van der Waals surface area contributed by atoms with Crippen LogP contribution in [-0.2, 0) is 0 Å². The lowest BCUT2D eigenvalue weighted by Gasteiger charge is -2.25. The number of nitrogens with one attached hydrogen (secondary N) is 1. The predicted molar refractivity (Wildman–Crippen MR) is 79.5 cm³/mol. The van der Waals surface area contributed by atoms with Crippen LogP contribution in [0, 0.1) is 0 Å². The van der Waals surface area contributed by atoms with E-state index in [1.807, 2.05) is 23.9 Å². The molecule has 0 aromatic heterocycles. The van der Waals surface area contributed by atoms with Gasteiger partial charge in [0.2, 0.25) is 0 Å². The minimum atomic E-state index is 0.346. The van der Waals surface area contributed by atoms with Crippen molar-refractivity contribution in [3.8, 4) is 5.75 Å². The maximum absolute atomic E-state index is 5.44. The number of benzene rings is 1. The third-order valence-corrected chi connectivity index (χ3v) is 4.99. The van der Waals surface area contributed by atoms with Crippen LogP contribution in [0.15, 0.2) is 24.3 Å². The third kappa shape index (κ3) is 3.01. The number of ether oxygens (including phenoxy) is 1. The fourth-order valence-electron chi connectivity index (χ4n) is 2.83. The summed E-state index contributed by atoms with van der Waals surface area (Å²) < 4.78 is 5.44. The quantitative estimate of drug-likeness (QED) is 0.878. The Kier molecular flexibility index (Phi) is 4.95. The Morgan fingerprint density at radius 3 is 2.83 bits per heavy atom. The van der Waals surface area contributed by atoms with Crippen molar-refractivity contribution in [2.45, 2.75) is 43.5 Å². The van der Waals surface area contributed by atoms with Gasteiger partial charge in [-0.25, -0.2) is 0 Å². The van der Waals surface area contributed by atoms with Gasteiger partial charge in [-0.15, -0.1) is 0 Å². The Morgan fingerprint density at radius 1 is 1.33 bits per heavy atom. The standard InChI is InChI=1S/C15H23NOS/c1-11(12-7-4-5-9-14(12)17-2)16-13-8-6-10-15(13)18-3/h4-5,7,9,11,13,15-16H,6,8,10H2,1-3H3. The molecule has 0 aliphatic heterocycles. The molecule has 0 bridgehead atoms. The molecule has 1 aromatic rings. The summed E-state index contributed by atoms with van der Waals surface area (Å²) in [5, 5.41) is 4.54. The highest BCUT2D eigenvalue weighted by Crippen LogP contribution is 2.31. The summed E-state index contributed by atoms with van der Waals surface area (Å²) in [6.45, 7) is 2.23. The molecule has 1 aromatic carbocycles. The average Bonchev–Trinajstić information content (AvgIpc) is 2.85. The summed E-state index contributed by atoms with van der Waals surface area (Å²) in [6, 6.07) is 9.28. The molecule has 1 aliphatic rings. The largest absolute Gasteiger partial charge is 0.496 e. The molecule has 2 nitrogen and oxygen atoms in total. The van der Waals surface area contributed by atoms with Gasteiger partial charge in [0.05, 0.1) is 7.11 Å². The van der Waals surface area contributed by atoms with Gasteiger partial charge in [0, 0.05) is 22.9 Å². The zero-order valence-electron chi connectivity index (χ0n) is 11.5.